The fraction of sp³-hybridized carbons (Fsp3) is 0.333. The van der Waals surface area contributed by atoms with Gasteiger partial charge in [-0.25, -0.2) is 8.78 Å². The van der Waals surface area contributed by atoms with Gasteiger partial charge in [-0.2, -0.15) is 0 Å². The number of aliphatic hydroxyl groups is 1. The van der Waals surface area contributed by atoms with Gasteiger partial charge in [-0.05, 0) is 43.4 Å². The quantitative estimate of drug-likeness (QED) is 0.882. The molecule has 0 fully saturated rings. The van der Waals surface area contributed by atoms with E-state index < -0.39 is 17.7 Å². The van der Waals surface area contributed by atoms with Crippen molar-refractivity contribution < 1.29 is 13.9 Å². The first-order valence-corrected chi connectivity index (χ1v) is 7.22. The van der Waals surface area contributed by atoms with Crippen molar-refractivity contribution in [2.75, 3.05) is 0 Å². The number of hydrogen-bond acceptors (Lipinski definition) is 2. The third kappa shape index (κ3) is 2.30. The van der Waals surface area contributed by atoms with E-state index in [-0.39, 0.29) is 5.56 Å². The number of benzene rings is 1. The molecule has 0 saturated carbocycles. The molecule has 0 bridgehead atoms. The first-order valence-electron chi connectivity index (χ1n) is 6.40. The molecule has 1 aliphatic carbocycles. The predicted molar refractivity (Wildman–Crippen MR) is 71.4 cm³/mol. The minimum absolute atomic E-state index is 0.0126. The van der Waals surface area contributed by atoms with Crippen LogP contribution in [0.15, 0.2) is 24.3 Å². The summed E-state index contributed by atoms with van der Waals surface area (Å²) in [5.41, 5.74) is 1.26. The highest BCUT2D eigenvalue weighted by Gasteiger charge is 2.22. The van der Waals surface area contributed by atoms with Crippen LogP contribution in [0, 0.1) is 11.6 Å². The van der Waals surface area contributed by atoms with Crippen LogP contribution in [0.3, 0.4) is 0 Å². The lowest BCUT2D eigenvalue weighted by molar-refractivity contribution is 0.217. The Hall–Kier alpha value is -1.26. The molecule has 0 spiro atoms. The molecule has 0 aliphatic heterocycles. The molecule has 19 heavy (non-hydrogen) atoms. The van der Waals surface area contributed by atoms with Gasteiger partial charge in [0.25, 0.3) is 0 Å². The number of aryl methyl sites for hydroxylation is 2. The van der Waals surface area contributed by atoms with Gasteiger partial charge in [0.15, 0.2) is 11.6 Å². The number of thiophene rings is 1. The van der Waals surface area contributed by atoms with Crippen LogP contribution >= 0.6 is 11.3 Å². The van der Waals surface area contributed by atoms with Crippen LogP contribution in [0.1, 0.15) is 39.8 Å². The Morgan fingerprint density at radius 2 is 1.95 bits per heavy atom. The minimum Gasteiger partial charge on any atom is -0.383 e. The average Bonchev–Trinajstić information content (AvgIpc) is 2.85. The monoisotopic (exact) mass is 280 g/mol. The van der Waals surface area contributed by atoms with Gasteiger partial charge in [-0.3, -0.25) is 0 Å². The van der Waals surface area contributed by atoms with Crippen molar-refractivity contribution in [3.8, 4) is 0 Å². The Bertz CT molecular complexity index is 583. The summed E-state index contributed by atoms with van der Waals surface area (Å²) in [4.78, 5) is 1.98. The molecule has 1 atom stereocenters. The zero-order chi connectivity index (χ0) is 13.4. The molecule has 0 amide bonds. The van der Waals surface area contributed by atoms with Crippen molar-refractivity contribution in [1.82, 2.24) is 0 Å². The highest BCUT2D eigenvalue weighted by atomic mass is 32.1. The lowest BCUT2D eigenvalue weighted by Crippen LogP contribution is -2.02. The Labute approximate surface area is 114 Å². The van der Waals surface area contributed by atoms with Crippen molar-refractivity contribution in [3.05, 3.63) is 56.8 Å². The molecule has 0 radical (unpaired) electrons. The second-order valence-electron chi connectivity index (χ2n) is 4.85. The molecular weight excluding hydrogens is 266 g/mol. The van der Waals surface area contributed by atoms with Crippen LogP contribution in [0.4, 0.5) is 8.78 Å². The summed E-state index contributed by atoms with van der Waals surface area (Å²) in [6, 6.07) is 5.85. The van der Waals surface area contributed by atoms with Crippen molar-refractivity contribution in [2.45, 2.75) is 31.8 Å². The lowest BCUT2D eigenvalue weighted by atomic mass is 9.98. The van der Waals surface area contributed by atoms with Crippen molar-refractivity contribution in [2.24, 2.45) is 0 Å². The Kier molecular flexibility index (Phi) is 3.37. The van der Waals surface area contributed by atoms with E-state index in [0.717, 1.165) is 31.7 Å². The zero-order valence-electron chi connectivity index (χ0n) is 10.3. The van der Waals surface area contributed by atoms with Gasteiger partial charge < -0.3 is 5.11 Å². The van der Waals surface area contributed by atoms with E-state index in [2.05, 4.69) is 0 Å². The average molecular weight is 280 g/mol. The molecule has 1 aromatic carbocycles. The fourth-order valence-corrected chi connectivity index (χ4v) is 3.80. The number of rotatable bonds is 2. The summed E-state index contributed by atoms with van der Waals surface area (Å²) in [5, 5.41) is 10.3. The molecule has 1 aromatic heterocycles. The van der Waals surface area contributed by atoms with Gasteiger partial charge in [-0.1, -0.05) is 12.1 Å². The molecule has 0 saturated heterocycles. The second kappa shape index (κ2) is 5.02. The normalized spacial score (nSPS) is 16.2. The molecule has 1 heterocycles. The highest BCUT2D eigenvalue weighted by Crippen LogP contribution is 2.36. The summed E-state index contributed by atoms with van der Waals surface area (Å²) in [7, 11) is 0. The number of hydrogen-bond donors (Lipinski definition) is 1. The van der Waals surface area contributed by atoms with Crippen molar-refractivity contribution >= 4 is 11.3 Å². The molecule has 1 unspecified atom stereocenters. The van der Waals surface area contributed by atoms with Gasteiger partial charge in [0.05, 0.1) is 0 Å². The summed E-state index contributed by atoms with van der Waals surface area (Å²) in [6.45, 7) is 0. The molecule has 1 nitrogen and oxygen atoms in total. The van der Waals surface area contributed by atoms with E-state index in [9.17, 15) is 13.9 Å². The van der Waals surface area contributed by atoms with Crippen LogP contribution in [-0.4, -0.2) is 5.11 Å². The number of fused-ring (bicyclic) bond motifs is 1. The largest absolute Gasteiger partial charge is 0.383 e. The van der Waals surface area contributed by atoms with Gasteiger partial charge >= 0.3 is 0 Å². The van der Waals surface area contributed by atoms with Crippen LogP contribution in [0.5, 0.6) is 0 Å². The summed E-state index contributed by atoms with van der Waals surface area (Å²) < 4.78 is 26.9. The Balaban J connectivity index is 1.97. The standard InChI is InChI=1S/C15H14F2OS/c16-11-6-3-5-10(14(11)17)15(18)13-8-9-4-1-2-7-12(9)19-13/h3,5-6,8,15,18H,1-2,4,7H2. The van der Waals surface area contributed by atoms with E-state index in [1.165, 1.54) is 33.9 Å². The highest BCUT2D eigenvalue weighted by molar-refractivity contribution is 7.12. The van der Waals surface area contributed by atoms with Gasteiger partial charge in [0, 0.05) is 15.3 Å². The van der Waals surface area contributed by atoms with Crippen LogP contribution < -0.4 is 0 Å². The second-order valence-corrected chi connectivity index (χ2v) is 6.02. The van der Waals surface area contributed by atoms with Gasteiger partial charge in [-0.15, -0.1) is 11.3 Å². The molecule has 1 aliphatic rings. The summed E-state index contributed by atoms with van der Waals surface area (Å²) >= 11 is 1.51. The summed E-state index contributed by atoms with van der Waals surface area (Å²) in [6.07, 6.45) is 3.29. The molecular formula is C15H14F2OS. The molecule has 1 N–H and O–H groups in total. The van der Waals surface area contributed by atoms with Crippen LogP contribution in [0.2, 0.25) is 0 Å². The molecule has 4 heteroatoms. The maximum Gasteiger partial charge on any atom is 0.164 e. The molecule has 3 rings (SSSR count). The number of aliphatic hydroxyl groups excluding tert-OH is 1. The Morgan fingerprint density at radius 1 is 1.16 bits per heavy atom. The zero-order valence-corrected chi connectivity index (χ0v) is 11.1. The van der Waals surface area contributed by atoms with E-state index in [1.54, 1.807) is 0 Å². The van der Waals surface area contributed by atoms with Crippen molar-refractivity contribution in [1.29, 1.82) is 0 Å². The predicted octanol–water partition coefficient (Wildman–Crippen LogP) is 3.99. The van der Waals surface area contributed by atoms with Gasteiger partial charge in [0.1, 0.15) is 6.10 Å². The number of halogens is 2. The SMILES string of the molecule is OC(c1cc2c(s1)CCCC2)c1cccc(F)c1F. The topological polar surface area (TPSA) is 20.2 Å². The van der Waals surface area contributed by atoms with E-state index in [1.807, 2.05) is 6.07 Å². The van der Waals surface area contributed by atoms with E-state index in [4.69, 9.17) is 0 Å². The minimum atomic E-state index is -1.08. The molecule has 100 valence electrons. The maximum absolute atomic E-state index is 13.7. The first kappa shape index (κ1) is 12.8. The van der Waals surface area contributed by atoms with Crippen LogP contribution in [0.25, 0.3) is 0 Å². The molecule has 2 aromatic rings. The van der Waals surface area contributed by atoms with E-state index >= 15 is 0 Å². The Morgan fingerprint density at radius 3 is 2.74 bits per heavy atom. The fourth-order valence-electron chi connectivity index (χ4n) is 2.53. The first-order chi connectivity index (χ1) is 9.16. The third-order valence-electron chi connectivity index (χ3n) is 3.56. The van der Waals surface area contributed by atoms with Gasteiger partial charge in [0.2, 0.25) is 0 Å². The lowest BCUT2D eigenvalue weighted by Gasteiger charge is -2.10. The van der Waals surface area contributed by atoms with Crippen LogP contribution in [-0.2, 0) is 12.8 Å². The van der Waals surface area contributed by atoms with E-state index in [0.29, 0.717) is 4.88 Å². The summed E-state index contributed by atoms with van der Waals surface area (Å²) in [5.74, 6) is -1.88. The third-order valence-corrected chi connectivity index (χ3v) is 4.85. The maximum atomic E-state index is 13.7. The van der Waals surface area contributed by atoms with Crippen molar-refractivity contribution in [3.63, 3.8) is 0 Å². The smallest absolute Gasteiger partial charge is 0.164 e.